The van der Waals surface area contributed by atoms with Crippen LogP contribution in [-0.2, 0) is 0 Å². The molecule has 0 amide bonds. The van der Waals surface area contributed by atoms with E-state index in [4.69, 9.17) is 0 Å². The van der Waals surface area contributed by atoms with Crippen LogP contribution in [0.5, 0.6) is 0 Å². The van der Waals surface area contributed by atoms with Gasteiger partial charge in [0.1, 0.15) is 0 Å². The lowest BCUT2D eigenvalue weighted by Gasteiger charge is -2.46. The Morgan fingerprint density at radius 3 is 2.25 bits per heavy atom. The van der Waals surface area contributed by atoms with Crippen molar-refractivity contribution in [2.24, 2.45) is 0 Å². The van der Waals surface area contributed by atoms with Crippen LogP contribution in [0.25, 0.3) is 0 Å². The minimum atomic E-state index is -0.0868. The van der Waals surface area contributed by atoms with Crippen molar-refractivity contribution in [3.05, 3.63) is 17.5 Å². The van der Waals surface area contributed by atoms with Crippen molar-refractivity contribution in [3.63, 3.8) is 0 Å². The molecule has 1 aliphatic rings. The average Bonchev–Trinajstić information content (AvgIpc) is 1.64. The molecule has 0 aromatic heterocycles. The highest BCUT2D eigenvalue weighted by molar-refractivity contribution is 4.72. The monoisotopic (exact) mass is 113 g/mol. The van der Waals surface area contributed by atoms with Gasteiger partial charge in [0.2, 0.25) is 0 Å². The molecule has 2 heteroatoms. The summed E-state index contributed by atoms with van der Waals surface area (Å²) in [4.78, 5) is 0. The molecule has 0 radical (unpaired) electrons. The van der Waals surface area contributed by atoms with Crippen LogP contribution in [0.2, 0.25) is 0 Å². The number of hydrogen-bond acceptors (Lipinski definition) is 1. The summed E-state index contributed by atoms with van der Waals surface area (Å²) in [5.41, 5.74) is 0. The summed E-state index contributed by atoms with van der Waals surface area (Å²) < 4.78 is -0.0868. The van der Waals surface area contributed by atoms with E-state index in [1.807, 2.05) is 13.0 Å². The number of allylic oxidation sites excluding steroid dienone is 1. The van der Waals surface area contributed by atoms with E-state index < -0.39 is 0 Å². The van der Waals surface area contributed by atoms with Gasteiger partial charge in [-0.2, -0.15) is 0 Å². The highest BCUT2D eigenvalue weighted by Crippen LogP contribution is 2.17. The molecule has 0 spiro atoms. The van der Waals surface area contributed by atoms with Crippen molar-refractivity contribution in [2.75, 3.05) is 13.1 Å². The van der Waals surface area contributed by atoms with Gasteiger partial charge in [0.05, 0.1) is 19.3 Å². The fraction of sp³-hybridized carbons (Fsp3) is 0.667. The molecule has 0 saturated carbocycles. The lowest BCUT2D eigenvalue weighted by atomic mass is 10.2. The van der Waals surface area contributed by atoms with Crippen molar-refractivity contribution in [2.45, 2.75) is 13.3 Å². The number of nitrogens with zero attached hydrogens (tertiary/aromatic N) is 1. The molecule has 1 rings (SSSR count). The van der Waals surface area contributed by atoms with Crippen LogP contribution in [0, 0.1) is 5.21 Å². The fourth-order valence-corrected chi connectivity index (χ4v) is 0.891. The van der Waals surface area contributed by atoms with E-state index in [0.29, 0.717) is 0 Å². The van der Waals surface area contributed by atoms with Crippen LogP contribution in [0.4, 0.5) is 0 Å². The molecule has 46 valence electrons. The molecule has 1 heterocycles. The summed E-state index contributed by atoms with van der Waals surface area (Å²) in [6, 6.07) is 0. The molecular formula is C6H11NO. The van der Waals surface area contributed by atoms with Gasteiger partial charge >= 0.3 is 0 Å². The molecule has 0 N–H and O–H groups in total. The zero-order chi connectivity index (χ0) is 6.04. The zero-order valence-electron chi connectivity index (χ0n) is 5.13. The minimum absolute atomic E-state index is 0.0868. The minimum Gasteiger partial charge on any atom is -0.628 e. The van der Waals surface area contributed by atoms with Crippen LogP contribution in [-0.4, -0.2) is 17.7 Å². The van der Waals surface area contributed by atoms with Gasteiger partial charge in [0.25, 0.3) is 0 Å². The van der Waals surface area contributed by atoms with Crippen LogP contribution >= 0.6 is 0 Å². The number of hydroxylamine groups is 3. The third-order valence-electron chi connectivity index (χ3n) is 1.49. The Kier molecular flexibility index (Phi) is 1.36. The summed E-state index contributed by atoms with van der Waals surface area (Å²) >= 11 is 0. The van der Waals surface area contributed by atoms with Crippen LogP contribution in [0.15, 0.2) is 12.3 Å². The lowest BCUT2D eigenvalue weighted by Crippen LogP contribution is -2.48. The predicted octanol–water partition coefficient (Wildman–Crippen LogP) is 1.24. The fourth-order valence-electron chi connectivity index (χ4n) is 0.891. The van der Waals surface area contributed by atoms with Gasteiger partial charge in [-0.1, -0.05) is 0 Å². The normalized spacial score (nSPS) is 25.8. The van der Waals surface area contributed by atoms with Gasteiger partial charge in [-0.05, 0) is 13.0 Å². The SMILES string of the molecule is CC=C[N+]1([O-])CCC1. The summed E-state index contributed by atoms with van der Waals surface area (Å²) in [5.74, 6) is 0. The van der Waals surface area contributed by atoms with E-state index in [1.54, 1.807) is 6.20 Å². The van der Waals surface area contributed by atoms with E-state index in [2.05, 4.69) is 0 Å². The van der Waals surface area contributed by atoms with Gasteiger partial charge in [-0.15, -0.1) is 0 Å². The smallest absolute Gasteiger partial charge is 0.0915 e. The first-order chi connectivity index (χ1) is 3.77. The largest absolute Gasteiger partial charge is 0.628 e. The van der Waals surface area contributed by atoms with Crippen molar-refractivity contribution < 1.29 is 4.65 Å². The van der Waals surface area contributed by atoms with Crippen molar-refractivity contribution in [1.29, 1.82) is 0 Å². The second-order valence-corrected chi connectivity index (χ2v) is 2.24. The molecular weight excluding hydrogens is 102 g/mol. The maximum absolute atomic E-state index is 11.0. The summed E-state index contributed by atoms with van der Waals surface area (Å²) in [5, 5.41) is 11.0. The molecule has 0 aromatic rings. The zero-order valence-corrected chi connectivity index (χ0v) is 5.13. The Morgan fingerprint density at radius 1 is 1.50 bits per heavy atom. The molecule has 0 unspecified atom stereocenters. The Hall–Kier alpha value is -0.340. The topological polar surface area (TPSA) is 23.1 Å². The second-order valence-electron chi connectivity index (χ2n) is 2.24. The van der Waals surface area contributed by atoms with E-state index in [1.165, 1.54) is 0 Å². The van der Waals surface area contributed by atoms with Gasteiger partial charge in [-0.3, -0.25) is 0 Å². The second kappa shape index (κ2) is 1.88. The lowest BCUT2D eigenvalue weighted by molar-refractivity contribution is -0.869. The first-order valence-electron chi connectivity index (χ1n) is 2.98. The molecule has 8 heavy (non-hydrogen) atoms. The van der Waals surface area contributed by atoms with Crippen LogP contribution < -0.4 is 0 Å². The summed E-state index contributed by atoms with van der Waals surface area (Å²) in [6.45, 7) is 3.45. The molecule has 1 fully saturated rings. The van der Waals surface area contributed by atoms with E-state index in [9.17, 15) is 5.21 Å². The van der Waals surface area contributed by atoms with Gasteiger partial charge in [-0.25, -0.2) is 0 Å². The average molecular weight is 113 g/mol. The number of hydrogen-bond donors (Lipinski definition) is 0. The molecule has 0 atom stereocenters. The molecule has 0 aliphatic carbocycles. The maximum Gasteiger partial charge on any atom is 0.0915 e. The number of quaternary nitrogens is 1. The Morgan fingerprint density at radius 2 is 2.12 bits per heavy atom. The predicted molar refractivity (Wildman–Crippen MR) is 32.8 cm³/mol. The van der Waals surface area contributed by atoms with E-state index in [-0.39, 0.29) is 4.65 Å². The third kappa shape index (κ3) is 0.904. The highest BCUT2D eigenvalue weighted by Gasteiger charge is 2.22. The summed E-state index contributed by atoms with van der Waals surface area (Å²) in [7, 11) is 0. The quantitative estimate of drug-likeness (QED) is 0.370. The van der Waals surface area contributed by atoms with E-state index in [0.717, 1.165) is 19.5 Å². The highest BCUT2D eigenvalue weighted by atomic mass is 16.5. The Labute approximate surface area is 49.6 Å². The molecule has 1 saturated heterocycles. The summed E-state index contributed by atoms with van der Waals surface area (Å²) in [6.07, 6.45) is 4.63. The maximum atomic E-state index is 11.0. The van der Waals surface area contributed by atoms with Crippen molar-refractivity contribution in [3.8, 4) is 0 Å². The van der Waals surface area contributed by atoms with Crippen LogP contribution in [0.3, 0.4) is 0 Å². The standard InChI is InChI=1S/C6H11NO/c1-2-4-7(8)5-3-6-7/h2,4H,3,5-6H2,1H3. The first kappa shape index (κ1) is 5.79. The van der Waals surface area contributed by atoms with Gasteiger partial charge in [0, 0.05) is 6.42 Å². The molecule has 1 aliphatic heterocycles. The number of likely N-dealkylation sites (tertiary alicyclic amines) is 1. The van der Waals surface area contributed by atoms with Gasteiger partial charge < -0.3 is 9.85 Å². The van der Waals surface area contributed by atoms with Crippen molar-refractivity contribution >= 4 is 0 Å². The number of rotatable bonds is 1. The molecule has 0 aromatic carbocycles. The molecule has 2 nitrogen and oxygen atoms in total. The Balaban J connectivity index is 2.41. The van der Waals surface area contributed by atoms with Crippen LogP contribution in [0.1, 0.15) is 13.3 Å². The Bertz CT molecular complexity index is 105. The molecule has 0 bridgehead atoms. The van der Waals surface area contributed by atoms with E-state index >= 15 is 0 Å². The first-order valence-corrected chi connectivity index (χ1v) is 2.98. The van der Waals surface area contributed by atoms with Gasteiger partial charge in [0.15, 0.2) is 0 Å². The third-order valence-corrected chi connectivity index (χ3v) is 1.49. The van der Waals surface area contributed by atoms with Crippen molar-refractivity contribution in [1.82, 2.24) is 0 Å².